The predicted octanol–water partition coefficient (Wildman–Crippen LogP) is 3.89. The normalized spacial score (nSPS) is 11.0. The van der Waals surface area contributed by atoms with Crippen molar-refractivity contribution in [2.75, 3.05) is 25.1 Å². The van der Waals surface area contributed by atoms with Gasteiger partial charge in [-0.1, -0.05) is 29.8 Å². The smallest absolute Gasteiger partial charge is 0.232 e. The minimum absolute atomic E-state index is 0.154. The van der Waals surface area contributed by atoms with E-state index in [1.165, 1.54) is 5.56 Å². The van der Waals surface area contributed by atoms with E-state index in [1.807, 2.05) is 51.4 Å². The minimum atomic E-state index is 0.154. The number of nitrogens with zero attached hydrogens (tertiary/aromatic N) is 4. The largest absolute Gasteiger partial charge is 0.368 e. The van der Waals surface area contributed by atoms with Gasteiger partial charge in [0.25, 0.3) is 0 Å². The number of hydrogen-bond acceptors (Lipinski definition) is 6. The molecule has 3 N–H and O–H groups in total. The molecule has 6 nitrogen and oxygen atoms in total. The van der Waals surface area contributed by atoms with Gasteiger partial charge in [0, 0.05) is 22.8 Å². The van der Waals surface area contributed by atoms with Crippen LogP contribution < -0.4 is 11.1 Å². The molecule has 0 spiro atoms. The summed E-state index contributed by atoms with van der Waals surface area (Å²) in [6.45, 7) is 2.86. The number of nitrogens with one attached hydrogen (secondary N) is 1. The van der Waals surface area contributed by atoms with Crippen molar-refractivity contribution in [2.45, 2.75) is 13.5 Å². The summed E-state index contributed by atoms with van der Waals surface area (Å²) in [6, 6.07) is 13.7. The molecule has 0 radical (unpaired) electrons. The Balaban J connectivity index is 1.87. The van der Waals surface area contributed by atoms with Crippen molar-refractivity contribution in [1.82, 2.24) is 19.9 Å². The molecule has 1 aromatic heterocycles. The van der Waals surface area contributed by atoms with Crippen molar-refractivity contribution in [3.05, 3.63) is 58.6 Å². The van der Waals surface area contributed by atoms with E-state index in [1.54, 1.807) is 0 Å². The first kappa shape index (κ1) is 18.1. The van der Waals surface area contributed by atoms with E-state index < -0.39 is 0 Å². The van der Waals surface area contributed by atoms with Crippen molar-refractivity contribution in [3.63, 3.8) is 0 Å². The third-order valence-corrected chi connectivity index (χ3v) is 4.04. The van der Waals surface area contributed by atoms with E-state index in [0.29, 0.717) is 16.8 Å². The Morgan fingerprint density at radius 1 is 1.04 bits per heavy atom. The molecule has 7 heteroatoms. The summed E-state index contributed by atoms with van der Waals surface area (Å²) in [6.07, 6.45) is 0. The zero-order valence-electron chi connectivity index (χ0n) is 15.0. The average molecular weight is 369 g/mol. The van der Waals surface area contributed by atoms with E-state index >= 15 is 0 Å². The van der Waals surface area contributed by atoms with Gasteiger partial charge in [0.2, 0.25) is 11.9 Å². The van der Waals surface area contributed by atoms with Crippen LogP contribution in [0.5, 0.6) is 0 Å². The second kappa shape index (κ2) is 7.68. The van der Waals surface area contributed by atoms with Crippen LogP contribution >= 0.6 is 11.6 Å². The highest BCUT2D eigenvalue weighted by molar-refractivity contribution is 6.30. The van der Waals surface area contributed by atoms with Gasteiger partial charge in [0.05, 0.1) is 0 Å². The van der Waals surface area contributed by atoms with Crippen LogP contribution in [0, 0.1) is 6.92 Å². The summed E-state index contributed by atoms with van der Waals surface area (Å²) in [5, 5.41) is 3.80. The molecule has 134 valence electrons. The number of rotatable bonds is 5. The number of hydrogen-bond donors (Lipinski definition) is 2. The molecular weight excluding hydrogens is 348 g/mol. The van der Waals surface area contributed by atoms with E-state index in [-0.39, 0.29) is 5.95 Å². The fourth-order valence-corrected chi connectivity index (χ4v) is 2.76. The van der Waals surface area contributed by atoms with Gasteiger partial charge in [-0.25, -0.2) is 0 Å². The minimum Gasteiger partial charge on any atom is -0.368 e. The van der Waals surface area contributed by atoms with Crippen molar-refractivity contribution in [3.8, 4) is 11.4 Å². The molecule has 0 atom stereocenters. The molecular formula is C19H21ClN6. The van der Waals surface area contributed by atoms with E-state index in [4.69, 9.17) is 17.3 Å². The molecule has 3 aromatic rings. The number of halogens is 1. The van der Waals surface area contributed by atoms with Gasteiger partial charge in [0.1, 0.15) is 0 Å². The predicted molar refractivity (Wildman–Crippen MR) is 107 cm³/mol. The van der Waals surface area contributed by atoms with Crippen LogP contribution in [0.15, 0.2) is 42.5 Å². The zero-order chi connectivity index (χ0) is 18.7. The molecule has 0 aliphatic heterocycles. The van der Waals surface area contributed by atoms with E-state index in [2.05, 4.69) is 37.3 Å². The van der Waals surface area contributed by atoms with Gasteiger partial charge in [-0.05, 0) is 56.4 Å². The molecule has 0 fully saturated rings. The molecule has 2 aromatic carbocycles. The Labute approximate surface area is 158 Å². The first-order chi connectivity index (χ1) is 12.4. The zero-order valence-corrected chi connectivity index (χ0v) is 15.7. The molecule has 0 unspecified atom stereocenters. The molecule has 0 bridgehead atoms. The quantitative estimate of drug-likeness (QED) is 0.711. The highest BCUT2D eigenvalue weighted by Gasteiger charge is 2.10. The monoisotopic (exact) mass is 368 g/mol. The summed E-state index contributed by atoms with van der Waals surface area (Å²) in [5.41, 5.74) is 9.83. The number of aromatic nitrogens is 3. The Morgan fingerprint density at radius 2 is 1.77 bits per heavy atom. The molecule has 3 rings (SSSR count). The lowest BCUT2D eigenvalue weighted by molar-refractivity contribution is 0.402. The van der Waals surface area contributed by atoms with Crippen LogP contribution in [0.4, 0.5) is 17.6 Å². The summed E-state index contributed by atoms with van der Waals surface area (Å²) in [4.78, 5) is 15.0. The fourth-order valence-electron chi connectivity index (χ4n) is 2.59. The standard InChI is InChI=1S/C19H21ClN6/c1-12-4-7-14(20)10-16(12)17-23-18(21)25-19(24-17)22-15-8-5-13(6-9-15)11-26(2)3/h4-10H,11H2,1-3H3,(H3,21,22,23,24,25). The lowest BCUT2D eigenvalue weighted by Gasteiger charge is -2.11. The number of nitrogen functional groups attached to an aromatic ring is 1. The fraction of sp³-hybridized carbons (Fsp3) is 0.211. The number of nitrogens with two attached hydrogens (primary N) is 1. The van der Waals surface area contributed by atoms with Gasteiger partial charge in [-0.3, -0.25) is 0 Å². The molecule has 0 aliphatic rings. The van der Waals surface area contributed by atoms with Crippen molar-refractivity contribution >= 4 is 29.2 Å². The second-order valence-corrected chi connectivity index (χ2v) is 6.80. The number of benzene rings is 2. The third-order valence-electron chi connectivity index (χ3n) is 3.80. The van der Waals surface area contributed by atoms with Crippen molar-refractivity contribution < 1.29 is 0 Å². The molecule has 26 heavy (non-hydrogen) atoms. The summed E-state index contributed by atoms with van der Waals surface area (Å²) >= 11 is 6.11. The maximum absolute atomic E-state index is 6.11. The summed E-state index contributed by atoms with van der Waals surface area (Å²) in [7, 11) is 4.08. The third kappa shape index (κ3) is 4.47. The molecule has 0 saturated heterocycles. The van der Waals surface area contributed by atoms with E-state index in [0.717, 1.165) is 23.4 Å². The Kier molecular flexibility index (Phi) is 5.35. The summed E-state index contributed by atoms with van der Waals surface area (Å²) < 4.78 is 0. The van der Waals surface area contributed by atoms with Gasteiger partial charge >= 0.3 is 0 Å². The van der Waals surface area contributed by atoms with Crippen LogP contribution in [0.3, 0.4) is 0 Å². The topological polar surface area (TPSA) is 80.0 Å². The van der Waals surface area contributed by atoms with E-state index in [9.17, 15) is 0 Å². The average Bonchev–Trinajstić information content (AvgIpc) is 2.58. The lowest BCUT2D eigenvalue weighted by atomic mass is 10.1. The Hall–Kier alpha value is -2.70. The lowest BCUT2D eigenvalue weighted by Crippen LogP contribution is -2.10. The highest BCUT2D eigenvalue weighted by atomic mass is 35.5. The maximum atomic E-state index is 6.11. The summed E-state index contributed by atoms with van der Waals surface area (Å²) in [5.74, 6) is 1.04. The molecule has 0 aliphatic carbocycles. The number of aryl methyl sites for hydroxylation is 1. The van der Waals surface area contributed by atoms with Crippen LogP contribution in [0.25, 0.3) is 11.4 Å². The van der Waals surface area contributed by atoms with Crippen LogP contribution in [0.2, 0.25) is 5.02 Å². The van der Waals surface area contributed by atoms with Crippen LogP contribution in [-0.2, 0) is 6.54 Å². The van der Waals surface area contributed by atoms with Gasteiger partial charge in [-0.2, -0.15) is 15.0 Å². The van der Waals surface area contributed by atoms with Gasteiger partial charge < -0.3 is 16.0 Å². The first-order valence-corrected chi connectivity index (χ1v) is 8.57. The molecule has 1 heterocycles. The van der Waals surface area contributed by atoms with Crippen LogP contribution in [0.1, 0.15) is 11.1 Å². The van der Waals surface area contributed by atoms with Gasteiger partial charge in [-0.15, -0.1) is 0 Å². The van der Waals surface area contributed by atoms with Crippen molar-refractivity contribution in [2.24, 2.45) is 0 Å². The first-order valence-electron chi connectivity index (χ1n) is 8.19. The second-order valence-electron chi connectivity index (χ2n) is 6.36. The molecule has 0 saturated carbocycles. The Morgan fingerprint density at radius 3 is 2.46 bits per heavy atom. The maximum Gasteiger partial charge on any atom is 0.232 e. The SMILES string of the molecule is Cc1ccc(Cl)cc1-c1nc(N)nc(Nc2ccc(CN(C)C)cc2)n1. The Bertz CT molecular complexity index is 908. The van der Waals surface area contributed by atoms with Gasteiger partial charge in [0.15, 0.2) is 5.82 Å². The number of anilines is 3. The molecule has 0 amide bonds. The highest BCUT2D eigenvalue weighted by Crippen LogP contribution is 2.25. The van der Waals surface area contributed by atoms with Crippen molar-refractivity contribution in [1.29, 1.82) is 0 Å². The van der Waals surface area contributed by atoms with Crippen LogP contribution in [-0.4, -0.2) is 33.9 Å².